The third-order valence-electron chi connectivity index (χ3n) is 5.18. The summed E-state index contributed by atoms with van der Waals surface area (Å²) >= 11 is 6.08. The Kier molecular flexibility index (Phi) is 3.85. The third-order valence-corrected chi connectivity index (χ3v) is 5.43. The lowest BCUT2D eigenvalue weighted by atomic mass is 9.96. The van der Waals surface area contributed by atoms with Crippen molar-refractivity contribution in [1.29, 1.82) is 0 Å². The molecule has 0 saturated carbocycles. The van der Waals surface area contributed by atoms with Crippen molar-refractivity contribution in [2.24, 2.45) is 0 Å². The molecule has 0 fully saturated rings. The number of aromatic hydroxyl groups is 2. The highest BCUT2D eigenvalue weighted by Crippen LogP contribution is 2.46. The normalized spacial score (nSPS) is 11.9. The van der Waals surface area contributed by atoms with Crippen LogP contribution in [0.15, 0.2) is 72.8 Å². The highest BCUT2D eigenvalue weighted by molar-refractivity contribution is 6.30. The van der Waals surface area contributed by atoms with E-state index >= 15 is 0 Å². The highest BCUT2D eigenvalue weighted by atomic mass is 35.5. The number of hydrogen-bond donors (Lipinski definition) is 2. The Balaban J connectivity index is 1.79. The summed E-state index contributed by atoms with van der Waals surface area (Å²) in [5, 5.41) is 20.8. The maximum absolute atomic E-state index is 10.5. The fourth-order valence-corrected chi connectivity index (χ4v) is 3.95. The smallest absolute Gasteiger partial charge is 0.125 e. The van der Waals surface area contributed by atoms with Crippen LogP contribution < -0.4 is 0 Å². The summed E-state index contributed by atoms with van der Waals surface area (Å²) < 4.78 is 0. The molecule has 1 heterocycles. The minimum Gasteiger partial charge on any atom is -0.508 e. The van der Waals surface area contributed by atoms with Crippen molar-refractivity contribution in [2.45, 2.75) is 6.42 Å². The molecule has 0 unspecified atom stereocenters. The molecule has 5 rings (SSSR count). The van der Waals surface area contributed by atoms with Crippen molar-refractivity contribution in [1.82, 2.24) is 4.98 Å². The first-order chi connectivity index (χ1) is 13.6. The van der Waals surface area contributed by atoms with E-state index in [9.17, 15) is 10.2 Å². The molecule has 1 aromatic heterocycles. The van der Waals surface area contributed by atoms with E-state index in [4.69, 9.17) is 16.6 Å². The van der Waals surface area contributed by atoms with Gasteiger partial charge >= 0.3 is 0 Å². The Bertz CT molecular complexity index is 1200. The molecule has 0 amide bonds. The topological polar surface area (TPSA) is 53.4 Å². The van der Waals surface area contributed by atoms with Gasteiger partial charge in [0.2, 0.25) is 0 Å². The predicted octanol–water partition coefficient (Wildman–Crippen LogP) is 6.05. The van der Waals surface area contributed by atoms with Gasteiger partial charge in [-0.25, -0.2) is 4.98 Å². The molecule has 0 bridgehead atoms. The quantitative estimate of drug-likeness (QED) is 0.389. The van der Waals surface area contributed by atoms with Crippen LogP contribution in [0.5, 0.6) is 11.5 Å². The van der Waals surface area contributed by atoms with Gasteiger partial charge in [0.15, 0.2) is 0 Å². The fourth-order valence-electron chi connectivity index (χ4n) is 3.82. The molecule has 1 aliphatic carbocycles. The first-order valence-corrected chi connectivity index (χ1v) is 9.38. The summed E-state index contributed by atoms with van der Waals surface area (Å²) in [6.07, 6.45) is 0.722. The number of nitrogens with zero attached hydrogens (tertiary/aromatic N) is 1. The third kappa shape index (κ3) is 2.72. The van der Waals surface area contributed by atoms with Gasteiger partial charge in [-0.05, 0) is 70.8 Å². The molecule has 0 aliphatic heterocycles. The maximum atomic E-state index is 10.5. The summed E-state index contributed by atoms with van der Waals surface area (Å²) in [6.45, 7) is 0. The van der Waals surface area contributed by atoms with Gasteiger partial charge in [0.1, 0.15) is 11.5 Å². The number of aromatic nitrogens is 1. The molecule has 3 aromatic carbocycles. The summed E-state index contributed by atoms with van der Waals surface area (Å²) in [7, 11) is 0. The summed E-state index contributed by atoms with van der Waals surface area (Å²) in [6, 6.07) is 22.4. The second-order valence-electron chi connectivity index (χ2n) is 6.92. The largest absolute Gasteiger partial charge is 0.508 e. The number of phenols is 2. The number of hydrogen-bond acceptors (Lipinski definition) is 3. The molecular weight excluding hydrogens is 370 g/mol. The van der Waals surface area contributed by atoms with Gasteiger partial charge < -0.3 is 10.2 Å². The minimum absolute atomic E-state index is 0.214. The Morgan fingerprint density at radius 1 is 0.821 bits per heavy atom. The summed E-state index contributed by atoms with van der Waals surface area (Å²) in [5.74, 6) is 0.458. The van der Waals surface area contributed by atoms with Crippen LogP contribution in [0.1, 0.15) is 11.1 Å². The summed E-state index contributed by atoms with van der Waals surface area (Å²) in [4.78, 5) is 4.89. The Hall–Kier alpha value is -3.30. The number of phenolic OH excluding ortho intramolecular Hbond substituents is 2. The molecule has 0 atom stereocenters. The molecule has 1 aliphatic rings. The molecule has 3 nitrogen and oxygen atoms in total. The molecule has 0 spiro atoms. The number of benzene rings is 3. The lowest BCUT2D eigenvalue weighted by Gasteiger charge is -2.13. The minimum atomic E-state index is 0.214. The first kappa shape index (κ1) is 16.8. The zero-order valence-electron chi connectivity index (χ0n) is 14.9. The number of pyridine rings is 1. The first-order valence-electron chi connectivity index (χ1n) is 9.00. The van der Waals surface area contributed by atoms with Crippen LogP contribution in [0.25, 0.3) is 33.6 Å². The lowest BCUT2D eigenvalue weighted by Crippen LogP contribution is -1.94. The zero-order valence-corrected chi connectivity index (χ0v) is 15.6. The lowest BCUT2D eigenvalue weighted by molar-refractivity contribution is 0.475. The van der Waals surface area contributed by atoms with Gasteiger partial charge in [0.05, 0.1) is 11.4 Å². The molecule has 2 N–H and O–H groups in total. The van der Waals surface area contributed by atoms with Crippen LogP contribution in [-0.2, 0) is 6.42 Å². The number of halogens is 1. The van der Waals surface area contributed by atoms with Gasteiger partial charge in [-0.3, -0.25) is 0 Å². The van der Waals surface area contributed by atoms with Crippen molar-refractivity contribution in [3.8, 4) is 45.1 Å². The van der Waals surface area contributed by atoms with E-state index < -0.39 is 0 Å². The average Bonchev–Trinajstić information content (AvgIpc) is 3.08. The number of fused-ring (bicyclic) bond motifs is 3. The van der Waals surface area contributed by atoms with Crippen LogP contribution in [0, 0.1) is 0 Å². The van der Waals surface area contributed by atoms with Crippen LogP contribution in [0.3, 0.4) is 0 Å². The average molecular weight is 386 g/mol. The monoisotopic (exact) mass is 385 g/mol. The van der Waals surface area contributed by atoms with Gasteiger partial charge in [-0.2, -0.15) is 0 Å². The molecule has 0 saturated heterocycles. The number of rotatable bonds is 2. The van der Waals surface area contributed by atoms with Gasteiger partial charge in [0, 0.05) is 22.6 Å². The standard InChI is InChI=1S/C24H16ClNO2/c25-17-8-4-14(5-9-17)19-13-21(15-6-10-18(27)11-7-15)26-24-20(19)12-16-2-1-3-22(28)23(16)24/h1-11,13,27-28H,12H2. The van der Waals surface area contributed by atoms with Crippen LogP contribution in [0.2, 0.25) is 5.02 Å². The summed E-state index contributed by atoms with van der Waals surface area (Å²) in [5.41, 5.74) is 7.59. The predicted molar refractivity (Wildman–Crippen MR) is 112 cm³/mol. The highest BCUT2D eigenvalue weighted by Gasteiger charge is 2.27. The van der Waals surface area contributed by atoms with Gasteiger partial charge in [0.25, 0.3) is 0 Å². The van der Waals surface area contributed by atoms with Gasteiger partial charge in [-0.1, -0.05) is 35.9 Å². The van der Waals surface area contributed by atoms with Crippen molar-refractivity contribution in [2.75, 3.05) is 0 Å². The van der Waals surface area contributed by atoms with E-state index in [1.165, 1.54) is 0 Å². The van der Waals surface area contributed by atoms with Crippen molar-refractivity contribution < 1.29 is 10.2 Å². The van der Waals surface area contributed by atoms with Gasteiger partial charge in [-0.15, -0.1) is 0 Å². The molecule has 4 heteroatoms. The van der Waals surface area contributed by atoms with Crippen molar-refractivity contribution >= 4 is 11.6 Å². The van der Waals surface area contributed by atoms with Crippen LogP contribution >= 0.6 is 11.6 Å². The van der Waals surface area contributed by atoms with E-state index in [0.29, 0.717) is 5.02 Å². The van der Waals surface area contributed by atoms with E-state index in [1.807, 2.05) is 48.5 Å². The maximum Gasteiger partial charge on any atom is 0.125 e. The van der Waals surface area contributed by atoms with Crippen LogP contribution in [-0.4, -0.2) is 15.2 Å². The Morgan fingerprint density at radius 2 is 1.54 bits per heavy atom. The van der Waals surface area contributed by atoms with Crippen molar-refractivity contribution in [3.63, 3.8) is 0 Å². The zero-order chi connectivity index (χ0) is 19.3. The van der Waals surface area contributed by atoms with E-state index in [2.05, 4.69) is 6.07 Å². The van der Waals surface area contributed by atoms with Crippen molar-refractivity contribution in [3.05, 3.63) is 88.9 Å². The molecule has 28 heavy (non-hydrogen) atoms. The second-order valence-corrected chi connectivity index (χ2v) is 7.36. The molecular formula is C24H16ClNO2. The Labute approximate surface area is 167 Å². The van der Waals surface area contributed by atoms with E-state index in [0.717, 1.165) is 51.2 Å². The fraction of sp³-hybridized carbons (Fsp3) is 0.0417. The van der Waals surface area contributed by atoms with E-state index in [-0.39, 0.29) is 11.5 Å². The SMILES string of the molecule is Oc1ccc(-c2cc(-c3ccc(Cl)cc3)c3c(n2)-c2c(O)cccc2C3)cc1. The Morgan fingerprint density at radius 3 is 2.29 bits per heavy atom. The van der Waals surface area contributed by atoms with Crippen LogP contribution in [0.4, 0.5) is 0 Å². The second kappa shape index (κ2) is 6.39. The van der Waals surface area contributed by atoms with E-state index in [1.54, 1.807) is 18.2 Å². The molecule has 4 aromatic rings. The molecule has 136 valence electrons. The molecule has 0 radical (unpaired) electrons.